The van der Waals surface area contributed by atoms with E-state index in [1.807, 2.05) is 0 Å². The van der Waals surface area contributed by atoms with Crippen molar-refractivity contribution in [2.24, 2.45) is 5.92 Å². The van der Waals surface area contributed by atoms with Crippen LogP contribution in [0.4, 0.5) is 38.0 Å². The monoisotopic (exact) mass is 527 g/mol. The molecule has 0 atom stereocenters. The van der Waals surface area contributed by atoms with Gasteiger partial charge < -0.3 is 10.6 Å². The van der Waals surface area contributed by atoms with Crippen LogP contribution in [0.3, 0.4) is 0 Å². The summed E-state index contributed by atoms with van der Waals surface area (Å²) in [6.07, 6.45) is -12.6. The van der Waals surface area contributed by atoms with Gasteiger partial charge in [-0.3, -0.25) is 4.79 Å². The average molecular weight is 527 g/mol. The molecule has 0 aliphatic heterocycles. The van der Waals surface area contributed by atoms with E-state index >= 15 is 0 Å². The van der Waals surface area contributed by atoms with E-state index in [4.69, 9.17) is 0 Å². The van der Waals surface area contributed by atoms with E-state index in [1.165, 1.54) is 19.2 Å². The van der Waals surface area contributed by atoms with Gasteiger partial charge in [0.15, 0.2) is 0 Å². The van der Waals surface area contributed by atoms with Gasteiger partial charge in [0, 0.05) is 23.5 Å². The van der Waals surface area contributed by atoms with Crippen LogP contribution >= 0.6 is 0 Å². The van der Waals surface area contributed by atoms with Crippen molar-refractivity contribution in [3.63, 3.8) is 0 Å². The van der Waals surface area contributed by atoms with E-state index in [9.17, 15) is 39.6 Å². The number of hydrogen-bond donors (Lipinski definition) is 3. The summed E-state index contributed by atoms with van der Waals surface area (Å²) in [6.45, 7) is 6.10. The summed E-state index contributed by atoms with van der Waals surface area (Å²) in [5.41, 5.74) is -4.63. The topological polar surface area (TPSA) is 113 Å². The summed E-state index contributed by atoms with van der Waals surface area (Å²) in [4.78, 5) is 19.3. The number of anilines is 2. The van der Waals surface area contributed by atoms with Gasteiger partial charge in [0.05, 0.1) is 4.90 Å². The number of halogens is 6. The van der Waals surface area contributed by atoms with Gasteiger partial charge in [-0.25, -0.2) is 23.1 Å². The van der Waals surface area contributed by atoms with Crippen molar-refractivity contribution in [3.05, 3.63) is 41.7 Å². The SMILES string of the molecule is Cc1cc(C)nc(NS(=O)(=O)c2ccc(NC(NC(=O)CC(C)C)(C(F)(F)F)C(F)(F)F)cc2)n1. The van der Waals surface area contributed by atoms with Gasteiger partial charge in [-0.2, -0.15) is 26.3 Å². The molecule has 0 radical (unpaired) electrons. The highest BCUT2D eigenvalue weighted by atomic mass is 32.2. The number of benzene rings is 1. The van der Waals surface area contributed by atoms with E-state index in [0.717, 1.165) is 17.4 Å². The molecule has 35 heavy (non-hydrogen) atoms. The number of rotatable bonds is 8. The molecule has 15 heteroatoms. The maximum absolute atomic E-state index is 13.7. The van der Waals surface area contributed by atoms with Crippen LogP contribution in [0, 0.1) is 19.8 Å². The maximum Gasteiger partial charge on any atom is 0.439 e. The minimum Gasteiger partial charge on any atom is -0.348 e. The maximum atomic E-state index is 13.7. The van der Waals surface area contributed by atoms with Crippen LogP contribution in [0.5, 0.6) is 0 Å². The van der Waals surface area contributed by atoms with E-state index in [-0.39, 0.29) is 5.95 Å². The number of amides is 1. The van der Waals surface area contributed by atoms with E-state index < -0.39 is 56.9 Å². The van der Waals surface area contributed by atoms with E-state index in [1.54, 1.807) is 19.9 Å². The normalized spacial score (nSPS) is 13.0. The Hall–Kier alpha value is -3.10. The Balaban J connectivity index is 2.39. The molecule has 0 aliphatic rings. The summed E-state index contributed by atoms with van der Waals surface area (Å²) in [5.74, 6) is -2.24. The fourth-order valence-corrected chi connectivity index (χ4v) is 3.93. The molecule has 0 saturated heterocycles. The molecule has 1 aromatic heterocycles. The average Bonchev–Trinajstić information content (AvgIpc) is 2.64. The first-order valence-electron chi connectivity index (χ1n) is 10.0. The van der Waals surface area contributed by atoms with Crippen molar-refractivity contribution in [2.45, 2.75) is 57.0 Å². The molecule has 0 bridgehead atoms. The van der Waals surface area contributed by atoms with Crippen LogP contribution in [-0.4, -0.2) is 42.3 Å². The summed E-state index contributed by atoms with van der Waals surface area (Å²) in [5, 5.41) is 2.33. The highest BCUT2D eigenvalue weighted by Gasteiger charge is 2.72. The summed E-state index contributed by atoms with van der Waals surface area (Å²) in [7, 11) is -4.31. The van der Waals surface area contributed by atoms with Gasteiger partial charge in [-0.1, -0.05) is 13.8 Å². The van der Waals surface area contributed by atoms with Crippen molar-refractivity contribution in [3.8, 4) is 0 Å². The predicted molar refractivity (Wildman–Crippen MR) is 115 cm³/mol. The fourth-order valence-electron chi connectivity index (χ4n) is 2.99. The Morgan fingerprint density at radius 2 is 1.43 bits per heavy atom. The lowest BCUT2D eigenvalue weighted by Gasteiger charge is -2.39. The number of carbonyl (C=O) groups excluding carboxylic acids is 1. The number of alkyl halides is 6. The number of hydrogen-bond acceptors (Lipinski definition) is 6. The van der Waals surface area contributed by atoms with E-state index in [2.05, 4.69) is 14.7 Å². The molecule has 194 valence electrons. The second-order valence-electron chi connectivity index (χ2n) is 8.12. The van der Waals surface area contributed by atoms with E-state index in [0.29, 0.717) is 23.5 Å². The van der Waals surface area contributed by atoms with Crippen LogP contribution in [0.15, 0.2) is 35.2 Å². The number of nitrogens with one attached hydrogen (secondary N) is 3. The molecule has 0 spiro atoms. The molecule has 1 aromatic carbocycles. The van der Waals surface area contributed by atoms with Crippen molar-refractivity contribution in [2.75, 3.05) is 10.0 Å². The highest BCUT2D eigenvalue weighted by Crippen LogP contribution is 2.43. The zero-order valence-corrected chi connectivity index (χ0v) is 19.8. The minimum absolute atomic E-state index is 0.259. The molecule has 1 amide bonds. The molecule has 8 nitrogen and oxygen atoms in total. The van der Waals surface area contributed by atoms with Crippen molar-refractivity contribution in [1.82, 2.24) is 15.3 Å². The van der Waals surface area contributed by atoms with Crippen LogP contribution in [0.2, 0.25) is 0 Å². The molecule has 0 fully saturated rings. The Bertz CT molecular complexity index is 1130. The van der Waals surface area contributed by atoms with Gasteiger partial charge in [-0.15, -0.1) is 0 Å². The molecular formula is C20H23F6N5O3S. The standard InChI is InChI=1S/C20H23F6N5O3S/c1-11(2)9-16(32)30-18(19(21,22)23,20(24,25)26)29-14-5-7-15(8-6-14)35(33,34)31-17-27-12(3)10-13(4)28-17/h5-8,10-11,29H,9H2,1-4H3,(H,30,32)(H,27,28,31). The number of aryl methyl sites for hydroxylation is 2. The predicted octanol–water partition coefficient (Wildman–Crippen LogP) is 4.29. The zero-order chi connectivity index (χ0) is 26.8. The third-order valence-electron chi connectivity index (χ3n) is 4.48. The quantitative estimate of drug-likeness (QED) is 0.349. The zero-order valence-electron chi connectivity index (χ0n) is 19.0. The lowest BCUT2D eigenvalue weighted by Crippen LogP contribution is -2.72. The lowest BCUT2D eigenvalue weighted by molar-refractivity contribution is -0.296. The number of sulfonamides is 1. The molecular weight excluding hydrogens is 504 g/mol. The Morgan fingerprint density at radius 1 is 0.943 bits per heavy atom. The van der Waals surface area contributed by atoms with Gasteiger partial charge in [-0.05, 0) is 50.1 Å². The van der Waals surface area contributed by atoms with Gasteiger partial charge >= 0.3 is 18.0 Å². The molecule has 2 aromatic rings. The van der Waals surface area contributed by atoms with Crippen molar-refractivity contribution in [1.29, 1.82) is 0 Å². The first kappa shape index (κ1) is 28.1. The highest BCUT2D eigenvalue weighted by molar-refractivity contribution is 7.92. The Morgan fingerprint density at radius 3 is 1.86 bits per heavy atom. The third kappa shape index (κ3) is 6.74. The summed E-state index contributed by atoms with van der Waals surface area (Å²) in [6, 6.07) is 4.59. The number of aromatic nitrogens is 2. The van der Waals surface area contributed by atoms with Gasteiger partial charge in [0.1, 0.15) is 0 Å². The van der Waals surface area contributed by atoms with Crippen LogP contribution in [-0.2, 0) is 14.8 Å². The summed E-state index contributed by atoms with van der Waals surface area (Å²) < 4.78 is 109. The Labute approximate surface area is 197 Å². The molecule has 0 saturated carbocycles. The van der Waals surface area contributed by atoms with Crippen LogP contribution < -0.4 is 15.4 Å². The van der Waals surface area contributed by atoms with Crippen LogP contribution in [0.25, 0.3) is 0 Å². The Kier molecular flexibility index (Phi) is 7.94. The molecule has 3 N–H and O–H groups in total. The minimum atomic E-state index is -6.00. The molecule has 1 heterocycles. The molecule has 0 unspecified atom stereocenters. The second-order valence-corrected chi connectivity index (χ2v) is 9.80. The fraction of sp³-hybridized carbons (Fsp3) is 0.450. The van der Waals surface area contributed by atoms with Crippen molar-refractivity contribution >= 4 is 27.6 Å². The van der Waals surface area contributed by atoms with Crippen molar-refractivity contribution < 1.29 is 39.6 Å². The first-order chi connectivity index (χ1) is 15.9. The lowest BCUT2D eigenvalue weighted by atomic mass is 10.1. The number of carbonyl (C=O) groups is 1. The molecule has 2 rings (SSSR count). The van der Waals surface area contributed by atoms with Gasteiger partial charge in [0.25, 0.3) is 10.0 Å². The first-order valence-corrected chi connectivity index (χ1v) is 11.5. The second kappa shape index (κ2) is 9.87. The largest absolute Gasteiger partial charge is 0.439 e. The smallest absolute Gasteiger partial charge is 0.348 e. The molecule has 0 aliphatic carbocycles. The third-order valence-corrected chi connectivity index (χ3v) is 5.82. The number of nitrogens with zero attached hydrogens (tertiary/aromatic N) is 2. The summed E-state index contributed by atoms with van der Waals surface area (Å²) >= 11 is 0. The van der Waals surface area contributed by atoms with Crippen LogP contribution in [0.1, 0.15) is 31.7 Å². The van der Waals surface area contributed by atoms with Gasteiger partial charge in [0.2, 0.25) is 11.9 Å².